The first-order valence-corrected chi connectivity index (χ1v) is 7.70. The first-order valence-electron chi connectivity index (χ1n) is 7.70. The van der Waals surface area contributed by atoms with Crippen LogP contribution in [0.5, 0.6) is 5.75 Å². The lowest BCUT2D eigenvalue weighted by Gasteiger charge is -2.14. The van der Waals surface area contributed by atoms with Crippen molar-refractivity contribution < 1.29 is 14.7 Å². The smallest absolute Gasteiger partial charge is 0.261 e. The van der Waals surface area contributed by atoms with Crippen LogP contribution in [0.3, 0.4) is 0 Å². The van der Waals surface area contributed by atoms with E-state index in [2.05, 4.69) is 4.98 Å². The van der Waals surface area contributed by atoms with Crippen LogP contribution in [-0.2, 0) is 6.54 Å². The summed E-state index contributed by atoms with van der Waals surface area (Å²) >= 11 is 0. The second kappa shape index (κ2) is 5.55. The van der Waals surface area contributed by atoms with Gasteiger partial charge in [-0.05, 0) is 24.3 Å². The Balaban J connectivity index is 1.62. The molecule has 0 bridgehead atoms. The third-order valence-corrected chi connectivity index (χ3v) is 4.27. The molecule has 0 fully saturated rings. The SMILES string of the molecule is O=C1c2ccccc2C(=O)N1CCn1cnc2c(O)cccc2c1=O. The van der Waals surface area contributed by atoms with E-state index in [1.54, 1.807) is 36.4 Å². The molecule has 3 aromatic rings. The average molecular weight is 335 g/mol. The first kappa shape index (κ1) is 15.1. The van der Waals surface area contributed by atoms with Gasteiger partial charge in [0.2, 0.25) is 0 Å². The molecule has 124 valence electrons. The van der Waals surface area contributed by atoms with Crippen molar-refractivity contribution >= 4 is 22.7 Å². The zero-order valence-corrected chi connectivity index (χ0v) is 13.0. The molecule has 1 aliphatic rings. The Bertz CT molecular complexity index is 1050. The van der Waals surface area contributed by atoms with Crippen LogP contribution in [0.25, 0.3) is 10.9 Å². The third kappa shape index (κ3) is 2.28. The fourth-order valence-corrected chi connectivity index (χ4v) is 2.98. The molecule has 2 heterocycles. The van der Waals surface area contributed by atoms with Crippen molar-refractivity contribution in [2.45, 2.75) is 6.54 Å². The predicted molar refractivity (Wildman–Crippen MR) is 89.5 cm³/mol. The van der Waals surface area contributed by atoms with Gasteiger partial charge in [-0.2, -0.15) is 0 Å². The number of aromatic hydroxyl groups is 1. The minimum Gasteiger partial charge on any atom is -0.506 e. The molecule has 7 heteroatoms. The van der Waals surface area contributed by atoms with Crippen LogP contribution in [0.1, 0.15) is 20.7 Å². The van der Waals surface area contributed by atoms with E-state index in [0.29, 0.717) is 11.1 Å². The lowest BCUT2D eigenvalue weighted by atomic mass is 10.1. The Morgan fingerprint density at radius 3 is 2.24 bits per heavy atom. The van der Waals surface area contributed by atoms with Crippen molar-refractivity contribution in [3.63, 3.8) is 0 Å². The van der Waals surface area contributed by atoms with Crippen LogP contribution in [0.2, 0.25) is 0 Å². The van der Waals surface area contributed by atoms with Gasteiger partial charge >= 0.3 is 0 Å². The minimum absolute atomic E-state index is 0.0675. The number of phenolic OH excluding ortho intramolecular Hbond substituents is 1. The molecule has 25 heavy (non-hydrogen) atoms. The summed E-state index contributed by atoms with van der Waals surface area (Å²) in [7, 11) is 0. The quantitative estimate of drug-likeness (QED) is 0.730. The number of benzene rings is 2. The van der Waals surface area contributed by atoms with Gasteiger partial charge in [-0.15, -0.1) is 0 Å². The van der Waals surface area contributed by atoms with Crippen LogP contribution >= 0.6 is 0 Å². The number of hydrogen-bond donors (Lipinski definition) is 1. The van der Waals surface area contributed by atoms with Gasteiger partial charge in [0.15, 0.2) is 0 Å². The monoisotopic (exact) mass is 335 g/mol. The summed E-state index contributed by atoms with van der Waals surface area (Å²) < 4.78 is 1.32. The van der Waals surface area contributed by atoms with Crippen molar-refractivity contribution in [3.05, 3.63) is 70.3 Å². The van der Waals surface area contributed by atoms with Gasteiger partial charge in [0, 0.05) is 13.1 Å². The van der Waals surface area contributed by atoms with Crippen LogP contribution in [-0.4, -0.2) is 37.9 Å². The highest BCUT2D eigenvalue weighted by Crippen LogP contribution is 2.22. The maximum atomic E-state index is 12.5. The maximum Gasteiger partial charge on any atom is 0.261 e. The molecule has 0 radical (unpaired) electrons. The lowest BCUT2D eigenvalue weighted by molar-refractivity contribution is 0.0648. The molecule has 1 N–H and O–H groups in total. The number of amides is 2. The number of hydrogen-bond acceptors (Lipinski definition) is 5. The maximum absolute atomic E-state index is 12.5. The zero-order valence-electron chi connectivity index (χ0n) is 13.0. The average Bonchev–Trinajstić information content (AvgIpc) is 2.87. The van der Waals surface area contributed by atoms with Gasteiger partial charge in [0.05, 0.1) is 22.8 Å². The molecular weight excluding hydrogens is 322 g/mol. The summed E-state index contributed by atoms with van der Waals surface area (Å²) in [5.41, 5.74) is 0.643. The molecule has 0 saturated heterocycles. The van der Waals surface area contributed by atoms with E-state index in [9.17, 15) is 19.5 Å². The van der Waals surface area contributed by atoms with Crippen LogP contribution in [0.4, 0.5) is 0 Å². The molecule has 0 unspecified atom stereocenters. The Kier molecular flexibility index (Phi) is 3.35. The number of rotatable bonds is 3. The summed E-state index contributed by atoms with van der Waals surface area (Å²) in [6, 6.07) is 11.2. The van der Waals surface area contributed by atoms with E-state index in [1.165, 1.54) is 17.0 Å². The van der Waals surface area contributed by atoms with E-state index in [-0.39, 0.29) is 47.1 Å². The lowest BCUT2D eigenvalue weighted by Crippen LogP contribution is -2.35. The Morgan fingerprint density at radius 1 is 0.880 bits per heavy atom. The predicted octanol–water partition coefficient (Wildman–Crippen LogP) is 1.40. The number of nitrogens with zero attached hydrogens (tertiary/aromatic N) is 3. The van der Waals surface area contributed by atoms with Gasteiger partial charge in [0.25, 0.3) is 17.4 Å². The zero-order chi connectivity index (χ0) is 17.6. The topological polar surface area (TPSA) is 92.5 Å². The number of aromatic nitrogens is 2. The number of fused-ring (bicyclic) bond motifs is 2. The molecule has 1 aromatic heterocycles. The van der Waals surface area contributed by atoms with E-state index in [4.69, 9.17) is 0 Å². The molecule has 0 saturated carbocycles. The van der Waals surface area contributed by atoms with Gasteiger partial charge < -0.3 is 5.11 Å². The molecule has 7 nitrogen and oxygen atoms in total. The Hall–Kier alpha value is -3.48. The number of para-hydroxylation sites is 1. The second-order valence-electron chi connectivity index (χ2n) is 5.72. The van der Waals surface area contributed by atoms with Crippen LogP contribution in [0.15, 0.2) is 53.6 Å². The van der Waals surface area contributed by atoms with E-state index >= 15 is 0 Å². The van der Waals surface area contributed by atoms with Crippen molar-refractivity contribution in [1.82, 2.24) is 14.5 Å². The highest BCUT2D eigenvalue weighted by atomic mass is 16.3. The molecule has 0 atom stereocenters. The normalized spacial score (nSPS) is 13.5. The van der Waals surface area contributed by atoms with Crippen LogP contribution in [0, 0.1) is 0 Å². The molecular formula is C18H13N3O4. The standard InChI is InChI=1S/C18H13N3O4/c22-14-7-3-6-13-15(14)19-10-20(16(13)23)8-9-21-17(24)11-4-1-2-5-12(11)18(21)25/h1-7,10,22H,8-9H2. The van der Waals surface area contributed by atoms with Gasteiger partial charge in [-0.25, -0.2) is 4.98 Å². The fraction of sp³-hybridized carbons (Fsp3) is 0.111. The molecule has 2 amide bonds. The van der Waals surface area contributed by atoms with E-state index in [1.807, 2.05) is 0 Å². The van der Waals surface area contributed by atoms with E-state index in [0.717, 1.165) is 4.90 Å². The molecule has 0 spiro atoms. The largest absolute Gasteiger partial charge is 0.506 e. The third-order valence-electron chi connectivity index (χ3n) is 4.27. The molecule has 4 rings (SSSR count). The fourth-order valence-electron chi connectivity index (χ4n) is 2.98. The summed E-state index contributed by atoms with van der Waals surface area (Å²) in [6.45, 7) is 0.196. The van der Waals surface area contributed by atoms with Gasteiger partial charge in [-0.1, -0.05) is 18.2 Å². The molecule has 1 aliphatic heterocycles. The van der Waals surface area contributed by atoms with Crippen molar-refractivity contribution in [3.8, 4) is 5.75 Å². The Morgan fingerprint density at radius 2 is 1.56 bits per heavy atom. The second-order valence-corrected chi connectivity index (χ2v) is 5.72. The summed E-state index contributed by atoms with van der Waals surface area (Å²) in [6.07, 6.45) is 1.31. The van der Waals surface area contributed by atoms with Gasteiger partial charge in [-0.3, -0.25) is 23.9 Å². The number of imide groups is 1. The first-order chi connectivity index (χ1) is 12.1. The number of phenols is 1. The Labute approximate surface area is 141 Å². The highest BCUT2D eigenvalue weighted by Gasteiger charge is 2.34. The van der Waals surface area contributed by atoms with E-state index < -0.39 is 0 Å². The molecule has 0 aliphatic carbocycles. The highest BCUT2D eigenvalue weighted by molar-refractivity contribution is 6.21. The van der Waals surface area contributed by atoms with Gasteiger partial charge in [0.1, 0.15) is 11.3 Å². The number of carbonyl (C=O) groups excluding carboxylic acids is 2. The summed E-state index contributed by atoms with van der Waals surface area (Å²) in [4.78, 5) is 42.4. The summed E-state index contributed by atoms with van der Waals surface area (Å²) in [5.74, 6) is -0.790. The minimum atomic E-state index is -0.361. The van der Waals surface area contributed by atoms with Crippen molar-refractivity contribution in [1.29, 1.82) is 0 Å². The molecule has 2 aromatic carbocycles. The van der Waals surface area contributed by atoms with Crippen molar-refractivity contribution in [2.75, 3.05) is 6.54 Å². The number of carbonyl (C=O) groups is 2. The van der Waals surface area contributed by atoms with Crippen LogP contribution < -0.4 is 5.56 Å². The summed E-state index contributed by atoms with van der Waals surface area (Å²) in [5, 5.41) is 10.0. The van der Waals surface area contributed by atoms with Crippen molar-refractivity contribution in [2.24, 2.45) is 0 Å².